The average Bonchev–Trinajstić information content (AvgIpc) is 1.59. The molecule has 0 aliphatic rings. The van der Waals surface area contributed by atoms with Crippen molar-refractivity contribution >= 4 is 12.1 Å². The molecule has 0 aromatic carbocycles. The third kappa shape index (κ3) is 5.48. The van der Waals surface area contributed by atoms with Gasteiger partial charge in [-0.1, -0.05) is 20.8 Å². The predicted molar refractivity (Wildman–Crippen MR) is 39.4 cm³/mol. The SMILES string of the molecule is CC(C)(C)CC(=O)[CH]C=O. The highest BCUT2D eigenvalue weighted by atomic mass is 16.1. The molecule has 0 amide bonds. The van der Waals surface area contributed by atoms with Crippen molar-refractivity contribution in [3.63, 3.8) is 0 Å². The number of ketones is 1. The molecule has 0 aliphatic heterocycles. The van der Waals surface area contributed by atoms with Crippen molar-refractivity contribution in [1.29, 1.82) is 0 Å². The van der Waals surface area contributed by atoms with Crippen molar-refractivity contribution in [3.8, 4) is 0 Å². The Kier molecular flexibility index (Phi) is 3.26. The van der Waals surface area contributed by atoms with E-state index in [1.54, 1.807) is 0 Å². The molecule has 1 radical (unpaired) electrons. The fourth-order valence-electron chi connectivity index (χ4n) is 0.658. The van der Waals surface area contributed by atoms with E-state index in [-0.39, 0.29) is 11.2 Å². The van der Waals surface area contributed by atoms with E-state index < -0.39 is 0 Å². The summed E-state index contributed by atoms with van der Waals surface area (Å²) in [7, 11) is 0. The topological polar surface area (TPSA) is 34.1 Å². The zero-order chi connectivity index (χ0) is 8.20. The molecular weight excluding hydrogens is 128 g/mol. The number of carbonyl (C=O) groups excluding carboxylic acids is 2. The van der Waals surface area contributed by atoms with Crippen LogP contribution < -0.4 is 0 Å². The summed E-state index contributed by atoms with van der Waals surface area (Å²) in [5, 5.41) is 0. The van der Waals surface area contributed by atoms with Crippen LogP contribution in [0.25, 0.3) is 0 Å². The highest BCUT2D eigenvalue weighted by Gasteiger charge is 2.14. The monoisotopic (exact) mass is 141 g/mol. The summed E-state index contributed by atoms with van der Waals surface area (Å²) in [5.41, 5.74) is -0.0173. The fourth-order valence-corrected chi connectivity index (χ4v) is 0.658. The van der Waals surface area contributed by atoms with Crippen LogP contribution in [0.15, 0.2) is 0 Å². The summed E-state index contributed by atoms with van der Waals surface area (Å²) < 4.78 is 0. The van der Waals surface area contributed by atoms with Gasteiger partial charge in [0.05, 0.1) is 6.42 Å². The molecule has 0 aromatic heterocycles. The second-order valence-corrected chi connectivity index (χ2v) is 3.51. The van der Waals surface area contributed by atoms with Crippen molar-refractivity contribution in [3.05, 3.63) is 6.42 Å². The third-order valence-corrected chi connectivity index (χ3v) is 0.958. The van der Waals surface area contributed by atoms with E-state index in [1.807, 2.05) is 20.8 Å². The molecule has 0 saturated heterocycles. The average molecular weight is 141 g/mol. The lowest BCUT2D eigenvalue weighted by molar-refractivity contribution is -0.119. The predicted octanol–water partition coefficient (Wildman–Crippen LogP) is 1.39. The van der Waals surface area contributed by atoms with Crippen molar-refractivity contribution < 1.29 is 9.59 Å². The van der Waals surface area contributed by atoms with Crippen LogP contribution in [-0.2, 0) is 9.59 Å². The maximum Gasteiger partial charge on any atom is 0.144 e. The van der Waals surface area contributed by atoms with Gasteiger partial charge in [0.2, 0.25) is 0 Å². The Balaban J connectivity index is 3.68. The maximum absolute atomic E-state index is 10.8. The Morgan fingerprint density at radius 1 is 1.40 bits per heavy atom. The molecule has 0 heterocycles. The Bertz CT molecular complexity index is 131. The Labute approximate surface area is 61.6 Å². The van der Waals surface area contributed by atoms with E-state index in [2.05, 4.69) is 0 Å². The van der Waals surface area contributed by atoms with Crippen molar-refractivity contribution in [2.75, 3.05) is 0 Å². The van der Waals surface area contributed by atoms with Crippen LogP contribution >= 0.6 is 0 Å². The second kappa shape index (κ2) is 3.49. The van der Waals surface area contributed by atoms with Crippen molar-refractivity contribution in [2.24, 2.45) is 5.41 Å². The van der Waals surface area contributed by atoms with Crippen LogP contribution in [0, 0.1) is 11.8 Å². The summed E-state index contributed by atoms with van der Waals surface area (Å²) in [6.45, 7) is 5.89. The summed E-state index contributed by atoms with van der Waals surface area (Å²) in [5.74, 6) is -0.0949. The fraction of sp³-hybridized carbons (Fsp3) is 0.625. The number of hydrogen-bond acceptors (Lipinski definition) is 2. The molecule has 2 nitrogen and oxygen atoms in total. The van der Waals surface area contributed by atoms with Crippen LogP contribution in [0.2, 0.25) is 0 Å². The van der Waals surface area contributed by atoms with Crippen LogP contribution in [0.5, 0.6) is 0 Å². The van der Waals surface area contributed by atoms with Crippen LogP contribution in [0.4, 0.5) is 0 Å². The number of carbonyl (C=O) groups is 2. The largest absolute Gasteiger partial charge is 0.303 e. The van der Waals surface area contributed by atoms with Gasteiger partial charge in [0.25, 0.3) is 0 Å². The molecule has 0 rings (SSSR count). The first-order chi connectivity index (χ1) is 4.45. The van der Waals surface area contributed by atoms with Crippen LogP contribution in [0.1, 0.15) is 27.2 Å². The van der Waals surface area contributed by atoms with E-state index in [4.69, 9.17) is 0 Å². The lowest BCUT2D eigenvalue weighted by Gasteiger charge is -2.15. The van der Waals surface area contributed by atoms with Crippen LogP contribution in [0.3, 0.4) is 0 Å². The molecule has 0 aromatic rings. The van der Waals surface area contributed by atoms with Gasteiger partial charge in [-0.25, -0.2) is 0 Å². The van der Waals surface area contributed by atoms with Gasteiger partial charge >= 0.3 is 0 Å². The molecule has 0 unspecified atom stereocenters. The Morgan fingerprint density at radius 2 is 1.90 bits per heavy atom. The van der Waals surface area contributed by atoms with E-state index in [0.717, 1.165) is 6.42 Å². The van der Waals surface area contributed by atoms with E-state index in [9.17, 15) is 9.59 Å². The van der Waals surface area contributed by atoms with Gasteiger partial charge in [-0.3, -0.25) is 4.79 Å². The summed E-state index contributed by atoms with van der Waals surface area (Å²) in [6, 6.07) is 0. The molecule has 0 atom stereocenters. The Hall–Kier alpha value is -0.660. The quantitative estimate of drug-likeness (QED) is 0.439. The highest BCUT2D eigenvalue weighted by molar-refractivity contribution is 6.01. The molecular formula is C8H13O2. The van der Waals surface area contributed by atoms with Gasteiger partial charge in [-0.2, -0.15) is 0 Å². The summed E-state index contributed by atoms with van der Waals surface area (Å²) in [4.78, 5) is 20.6. The van der Waals surface area contributed by atoms with E-state index >= 15 is 0 Å². The minimum absolute atomic E-state index is 0.0173. The molecule has 0 spiro atoms. The van der Waals surface area contributed by atoms with Gasteiger partial charge < -0.3 is 4.79 Å². The van der Waals surface area contributed by atoms with Gasteiger partial charge in [0.1, 0.15) is 12.1 Å². The zero-order valence-electron chi connectivity index (χ0n) is 6.68. The second-order valence-electron chi connectivity index (χ2n) is 3.51. The van der Waals surface area contributed by atoms with E-state index in [0.29, 0.717) is 12.7 Å². The number of rotatable bonds is 3. The molecule has 0 fully saturated rings. The maximum atomic E-state index is 10.8. The van der Waals surface area contributed by atoms with Gasteiger partial charge in [-0.15, -0.1) is 0 Å². The van der Waals surface area contributed by atoms with Gasteiger partial charge in [0.15, 0.2) is 0 Å². The summed E-state index contributed by atoms with van der Waals surface area (Å²) in [6.07, 6.45) is 2.05. The zero-order valence-corrected chi connectivity index (χ0v) is 6.68. The van der Waals surface area contributed by atoms with Gasteiger partial charge in [0, 0.05) is 6.42 Å². The standard InChI is InChI=1S/C8H13O2/c1-8(2,3)6-7(10)4-5-9/h4-5H,6H2,1-3H3. The minimum Gasteiger partial charge on any atom is -0.303 e. The first-order valence-corrected chi connectivity index (χ1v) is 3.27. The van der Waals surface area contributed by atoms with Crippen molar-refractivity contribution in [1.82, 2.24) is 0 Å². The molecule has 0 bridgehead atoms. The number of aldehydes is 1. The van der Waals surface area contributed by atoms with E-state index in [1.165, 1.54) is 0 Å². The number of hydrogen-bond donors (Lipinski definition) is 0. The molecule has 10 heavy (non-hydrogen) atoms. The minimum atomic E-state index is -0.0949. The van der Waals surface area contributed by atoms with Crippen LogP contribution in [-0.4, -0.2) is 12.1 Å². The smallest absolute Gasteiger partial charge is 0.144 e. The Morgan fingerprint density at radius 3 is 2.20 bits per heavy atom. The van der Waals surface area contributed by atoms with Crippen molar-refractivity contribution in [2.45, 2.75) is 27.2 Å². The molecule has 2 heteroatoms. The first-order valence-electron chi connectivity index (χ1n) is 3.27. The normalized spacial score (nSPS) is 11.1. The highest BCUT2D eigenvalue weighted by Crippen LogP contribution is 2.18. The van der Waals surface area contributed by atoms with Gasteiger partial charge in [-0.05, 0) is 5.41 Å². The molecule has 0 saturated carbocycles. The lowest BCUT2D eigenvalue weighted by Crippen LogP contribution is -2.13. The first kappa shape index (κ1) is 9.34. The third-order valence-electron chi connectivity index (χ3n) is 0.958. The molecule has 0 N–H and O–H groups in total. The molecule has 0 aliphatic carbocycles. The lowest BCUT2D eigenvalue weighted by atomic mass is 9.89. The number of Topliss-reactive ketones (excluding diaryl/α,β-unsaturated/α-hetero) is 1. The summed E-state index contributed by atoms with van der Waals surface area (Å²) >= 11 is 0. The molecule has 57 valence electrons.